The van der Waals surface area contributed by atoms with Gasteiger partial charge >= 0.3 is 0 Å². The van der Waals surface area contributed by atoms with Crippen LogP contribution in [0.4, 0.5) is 10.2 Å². The van der Waals surface area contributed by atoms with Crippen molar-refractivity contribution in [2.75, 3.05) is 11.9 Å². The second-order valence-corrected chi connectivity index (χ2v) is 6.39. The Hall–Kier alpha value is -3.03. The molecule has 8 heteroatoms. The highest BCUT2D eigenvalue weighted by atomic mass is 19.1. The zero-order chi connectivity index (χ0) is 18.8. The van der Waals surface area contributed by atoms with E-state index in [1.165, 1.54) is 16.8 Å². The van der Waals surface area contributed by atoms with Crippen LogP contribution in [0, 0.1) is 18.7 Å². The van der Waals surface area contributed by atoms with Gasteiger partial charge in [-0.05, 0) is 31.0 Å². The van der Waals surface area contributed by atoms with Crippen LogP contribution < -0.4 is 5.32 Å². The van der Waals surface area contributed by atoms with E-state index in [0.717, 1.165) is 16.2 Å². The number of aromatic nitrogens is 2. The maximum absolute atomic E-state index is 13.0. The van der Waals surface area contributed by atoms with Crippen LogP contribution in [0.25, 0.3) is 0 Å². The summed E-state index contributed by atoms with van der Waals surface area (Å²) in [5.41, 5.74) is 1.52. The Labute approximate surface area is 149 Å². The molecule has 0 radical (unpaired) electrons. The number of nitrogens with one attached hydrogen (secondary N) is 1. The Kier molecular flexibility index (Phi) is 4.83. The number of halogens is 1. The van der Waals surface area contributed by atoms with Gasteiger partial charge in [-0.15, -0.1) is 0 Å². The molecule has 0 saturated carbocycles. The van der Waals surface area contributed by atoms with E-state index in [0.29, 0.717) is 12.2 Å². The number of hydrogen-bond donors (Lipinski definition) is 1. The summed E-state index contributed by atoms with van der Waals surface area (Å²) in [5.74, 6) is -1.60. The second kappa shape index (κ2) is 7.07. The average molecular weight is 358 g/mol. The van der Waals surface area contributed by atoms with E-state index in [2.05, 4.69) is 10.4 Å². The highest BCUT2D eigenvalue weighted by molar-refractivity contribution is 6.07. The molecule has 0 bridgehead atoms. The molecule has 1 fully saturated rings. The van der Waals surface area contributed by atoms with Crippen molar-refractivity contribution in [3.8, 4) is 0 Å². The molecule has 1 aliphatic rings. The third-order valence-electron chi connectivity index (χ3n) is 4.30. The summed E-state index contributed by atoms with van der Waals surface area (Å²) in [6.45, 7) is 1.46. The molecule has 0 aliphatic carbocycles. The normalized spacial score (nSPS) is 17.0. The van der Waals surface area contributed by atoms with Crippen molar-refractivity contribution in [1.82, 2.24) is 14.7 Å². The zero-order valence-corrected chi connectivity index (χ0v) is 14.5. The summed E-state index contributed by atoms with van der Waals surface area (Å²) < 4.78 is 14.5. The molecule has 2 heterocycles. The summed E-state index contributed by atoms with van der Waals surface area (Å²) >= 11 is 0. The number of carbonyl (C=O) groups is 3. The molecule has 136 valence electrons. The van der Waals surface area contributed by atoms with Gasteiger partial charge in [0.15, 0.2) is 0 Å². The number of hydrogen-bond acceptors (Lipinski definition) is 4. The fourth-order valence-corrected chi connectivity index (χ4v) is 3.04. The van der Waals surface area contributed by atoms with Crippen LogP contribution in [0.1, 0.15) is 17.7 Å². The maximum Gasteiger partial charge on any atom is 0.245 e. The van der Waals surface area contributed by atoms with E-state index < -0.39 is 11.8 Å². The van der Waals surface area contributed by atoms with Crippen molar-refractivity contribution in [3.05, 3.63) is 47.4 Å². The molecular formula is C18H19FN4O3. The van der Waals surface area contributed by atoms with Crippen LogP contribution in [-0.2, 0) is 27.9 Å². The minimum absolute atomic E-state index is 0.0499. The number of likely N-dealkylation sites (tertiary alicyclic amines) is 1. The van der Waals surface area contributed by atoms with Crippen molar-refractivity contribution < 1.29 is 18.8 Å². The van der Waals surface area contributed by atoms with Gasteiger partial charge in [-0.3, -0.25) is 24.0 Å². The van der Waals surface area contributed by atoms with Gasteiger partial charge in [0.1, 0.15) is 18.2 Å². The van der Waals surface area contributed by atoms with Gasteiger partial charge in [0.2, 0.25) is 17.7 Å². The van der Waals surface area contributed by atoms with Gasteiger partial charge in [0.05, 0.1) is 11.6 Å². The van der Waals surface area contributed by atoms with E-state index in [1.807, 2.05) is 0 Å². The van der Waals surface area contributed by atoms with Crippen LogP contribution in [0.3, 0.4) is 0 Å². The number of amides is 3. The molecule has 1 atom stereocenters. The fraction of sp³-hybridized carbons (Fsp3) is 0.333. The van der Waals surface area contributed by atoms with Gasteiger partial charge in [-0.1, -0.05) is 12.1 Å². The van der Waals surface area contributed by atoms with Crippen molar-refractivity contribution in [2.24, 2.45) is 13.0 Å². The third-order valence-corrected chi connectivity index (χ3v) is 4.30. The first kappa shape index (κ1) is 17.8. The highest BCUT2D eigenvalue weighted by Gasteiger charge is 2.39. The SMILES string of the molecule is Cc1cc(NC(=O)CN2C(=O)CC(Cc3ccc(F)cc3)C2=O)n(C)n1. The van der Waals surface area contributed by atoms with Crippen LogP contribution in [-0.4, -0.2) is 38.9 Å². The molecular weight excluding hydrogens is 339 g/mol. The largest absolute Gasteiger partial charge is 0.309 e. The van der Waals surface area contributed by atoms with E-state index in [4.69, 9.17) is 0 Å². The minimum Gasteiger partial charge on any atom is -0.309 e. The number of aryl methyl sites for hydroxylation is 2. The minimum atomic E-state index is -0.528. The van der Waals surface area contributed by atoms with Crippen molar-refractivity contribution in [3.63, 3.8) is 0 Å². The predicted octanol–water partition coefficient (Wildman–Crippen LogP) is 1.42. The second-order valence-electron chi connectivity index (χ2n) is 6.39. The molecule has 1 aromatic heterocycles. The summed E-state index contributed by atoms with van der Waals surface area (Å²) in [4.78, 5) is 37.8. The third kappa shape index (κ3) is 3.79. The summed E-state index contributed by atoms with van der Waals surface area (Å²) in [7, 11) is 1.69. The van der Waals surface area contributed by atoms with Crippen molar-refractivity contribution in [2.45, 2.75) is 19.8 Å². The number of benzene rings is 1. The predicted molar refractivity (Wildman–Crippen MR) is 91.5 cm³/mol. The highest BCUT2D eigenvalue weighted by Crippen LogP contribution is 2.23. The summed E-state index contributed by atoms with van der Waals surface area (Å²) in [5, 5.41) is 6.76. The number of imide groups is 1. The molecule has 3 rings (SSSR count). The Morgan fingerprint density at radius 3 is 2.62 bits per heavy atom. The smallest absolute Gasteiger partial charge is 0.245 e. The Bertz CT molecular complexity index is 860. The van der Waals surface area contributed by atoms with E-state index in [-0.39, 0.29) is 30.6 Å². The van der Waals surface area contributed by atoms with Crippen LogP contribution >= 0.6 is 0 Å². The van der Waals surface area contributed by atoms with Gasteiger partial charge in [0, 0.05) is 19.5 Å². The van der Waals surface area contributed by atoms with E-state index >= 15 is 0 Å². The summed E-state index contributed by atoms with van der Waals surface area (Å²) in [6, 6.07) is 7.51. The van der Waals surface area contributed by atoms with Gasteiger partial charge < -0.3 is 5.32 Å². The Morgan fingerprint density at radius 2 is 2.00 bits per heavy atom. The zero-order valence-electron chi connectivity index (χ0n) is 14.5. The van der Waals surface area contributed by atoms with Crippen LogP contribution in [0.2, 0.25) is 0 Å². The first-order chi connectivity index (χ1) is 12.3. The first-order valence-corrected chi connectivity index (χ1v) is 8.22. The number of rotatable bonds is 5. The van der Waals surface area contributed by atoms with Crippen LogP contribution in [0.15, 0.2) is 30.3 Å². The van der Waals surface area contributed by atoms with Gasteiger partial charge in [-0.25, -0.2) is 4.39 Å². The molecule has 26 heavy (non-hydrogen) atoms. The molecule has 2 aromatic rings. The number of carbonyl (C=O) groups excluding carboxylic acids is 3. The topological polar surface area (TPSA) is 84.3 Å². The molecule has 1 unspecified atom stereocenters. The Morgan fingerprint density at radius 1 is 1.31 bits per heavy atom. The first-order valence-electron chi connectivity index (χ1n) is 8.22. The lowest BCUT2D eigenvalue weighted by atomic mass is 9.98. The van der Waals surface area contributed by atoms with E-state index in [9.17, 15) is 18.8 Å². The van der Waals surface area contributed by atoms with Crippen molar-refractivity contribution in [1.29, 1.82) is 0 Å². The molecule has 1 saturated heterocycles. The quantitative estimate of drug-likeness (QED) is 0.820. The van der Waals surface area contributed by atoms with Crippen LogP contribution in [0.5, 0.6) is 0 Å². The molecule has 1 aliphatic heterocycles. The molecule has 3 amide bonds. The fourth-order valence-electron chi connectivity index (χ4n) is 3.04. The monoisotopic (exact) mass is 358 g/mol. The summed E-state index contributed by atoms with van der Waals surface area (Å²) in [6.07, 6.45) is 0.387. The lowest BCUT2D eigenvalue weighted by Crippen LogP contribution is -2.38. The molecule has 1 N–H and O–H groups in total. The standard InChI is InChI=1S/C18H19FN4O3/c1-11-7-15(22(2)21-11)20-16(24)10-23-17(25)9-13(18(23)26)8-12-3-5-14(19)6-4-12/h3-7,13H,8-10H2,1-2H3,(H,20,24). The molecule has 7 nitrogen and oxygen atoms in total. The molecule has 0 spiro atoms. The maximum atomic E-state index is 13.0. The lowest BCUT2D eigenvalue weighted by Gasteiger charge is -2.15. The average Bonchev–Trinajstić information content (AvgIpc) is 3.02. The van der Waals surface area contributed by atoms with Gasteiger partial charge in [-0.2, -0.15) is 5.10 Å². The lowest BCUT2D eigenvalue weighted by molar-refractivity contribution is -0.142. The molecule has 1 aromatic carbocycles. The Balaban J connectivity index is 1.62. The van der Waals surface area contributed by atoms with E-state index in [1.54, 1.807) is 32.2 Å². The van der Waals surface area contributed by atoms with Gasteiger partial charge in [0.25, 0.3) is 0 Å². The number of nitrogens with zero attached hydrogens (tertiary/aromatic N) is 3. The number of anilines is 1. The van der Waals surface area contributed by atoms with Crippen molar-refractivity contribution >= 4 is 23.5 Å².